The van der Waals surface area contributed by atoms with Crippen molar-refractivity contribution in [1.82, 2.24) is 24.5 Å². The van der Waals surface area contributed by atoms with Crippen LogP contribution < -0.4 is 11.1 Å². The van der Waals surface area contributed by atoms with Gasteiger partial charge in [-0.15, -0.1) is 11.3 Å². The van der Waals surface area contributed by atoms with E-state index in [1.807, 2.05) is 23.8 Å². The molecule has 0 unspecified atom stereocenters. The number of thiazole rings is 1. The second-order valence-corrected chi connectivity index (χ2v) is 10.8. The molecule has 9 nitrogen and oxygen atoms in total. The van der Waals surface area contributed by atoms with Crippen LogP contribution in [0, 0.1) is 6.92 Å². The molecule has 1 aliphatic rings. The van der Waals surface area contributed by atoms with Gasteiger partial charge in [-0.05, 0) is 61.9 Å². The normalized spacial score (nSPS) is 19.7. The first kappa shape index (κ1) is 26.8. The van der Waals surface area contributed by atoms with E-state index in [0.29, 0.717) is 42.1 Å². The van der Waals surface area contributed by atoms with E-state index >= 15 is 0 Å². The Hall–Kier alpha value is -3.84. The van der Waals surface area contributed by atoms with E-state index in [0.717, 1.165) is 28.3 Å². The van der Waals surface area contributed by atoms with Crippen LogP contribution in [0.25, 0.3) is 10.4 Å². The molecule has 0 aliphatic heterocycles. The monoisotopic (exact) mass is 557 g/mol. The number of carbonyl (C=O) groups excluding carboxylic acids is 1. The van der Waals surface area contributed by atoms with Crippen LogP contribution in [0.5, 0.6) is 0 Å². The number of amides is 1. The molecule has 4 aromatic rings. The van der Waals surface area contributed by atoms with Crippen molar-refractivity contribution in [3.05, 3.63) is 71.1 Å². The molecule has 4 N–H and O–H groups in total. The molecule has 39 heavy (non-hydrogen) atoms. The molecule has 1 aromatic carbocycles. The lowest BCUT2D eigenvalue weighted by molar-refractivity contribution is -0.141. The summed E-state index contributed by atoms with van der Waals surface area (Å²) in [6.07, 6.45) is 4.28. The maximum Gasteiger partial charge on any atom is 0.433 e. The number of aryl methyl sites for hydroxylation is 1. The van der Waals surface area contributed by atoms with Crippen molar-refractivity contribution in [2.45, 2.75) is 56.8 Å². The standard InChI is InChI=1S/C26H26F3N7O2S/c1-15-8-16(10-17(9-15)34-24-31-7-4-21(35-24)26(27,28)29)20-12-32-23(39-20)25(38)5-2-19(3-6-25)36-13-18(33-14-36)11-22(30)37/h4,7-10,12-14,19,38H,2-3,5-6,11H2,1H3,(H2,30,37)(H,31,34,35). The summed E-state index contributed by atoms with van der Waals surface area (Å²) < 4.78 is 41.1. The summed E-state index contributed by atoms with van der Waals surface area (Å²) in [7, 11) is 0. The molecule has 3 aromatic heterocycles. The molecule has 0 radical (unpaired) electrons. The van der Waals surface area contributed by atoms with Gasteiger partial charge >= 0.3 is 6.18 Å². The third kappa shape index (κ3) is 6.09. The molecule has 0 spiro atoms. The lowest BCUT2D eigenvalue weighted by Gasteiger charge is -2.35. The molecule has 13 heteroatoms. The molecule has 204 valence electrons. The minimum absolute atomic E-state index is 0.0920. The number of nitrogens with one attached hydrogen (secondary N) is 1. The minimum atomic E-state index is -4.57. The van der Waals surface area contributed by atoms with E-state index in [1.165, 1.54) is 11.3 Å². The minimum Gasteiger partial charge on any atom is -0.383 e. The van der Waals surface area contributed by atoms with Gasteiger partial charge in [-0.3, -0.25) is 4.79 Å². The molecule has 1 fully saturated rings. The van der Waals surface area contributed by atoms with Crippen molar-refractivity contribution in [3.8, 4) is 10.4 Å². The first-order valence-corrected chi connectivity index (χ1v) is 13.1. The van der Waals surface area contributed by atoms with Crippen molar-refractivity contribution >= 4 is 28.9 Å². The van der Waals surface area contributed by atoms with Crippen molar-refractivity contribution in [2.75, 3.05) is 5.32 Å². The summed E-state index contributed by atoms with van der Waals surface area (Å²) >= 11 is 1.39. The fourth-order valence-electron chi connectivity index (χ4n) is 4.77. The van der Waals surface area contributed by atoms with Crippen LogP contribution >= 0.6 is 11.3 Å². The van der Waals surface area contributed by atoms with Crippen molar-refractivity contribution < 1.29 is 23.1 Å². The van der Waals surface area contributed by atoms with Crippen LogP contribution in [0.15, 0.2) is 49.2 Å². The number of carbonyl (C=O) groups is 1. The number of hydrogen-bond acceptors (Lipinski definition) is 8. The molecule has 0 atom stereocenters. The van der Waals surface area contributed by atoms with E-state index in [2.05, 4.69) is 25.3 Å². The van der Waals surface area contributed by atoms with Crippen molar-refractivity contribution in [3.63, 3.8) is 0 Å². The Kier molecular flexibility index (Phi) is 7.12. The van der Waals surface area contributed by atoms with Crippen LogP contribution in [0.3, 0.4) is 0 Å². The first-order valence-electron chi connectivity index (χ1n) is 12.3. The molecular weight excluding hydrogens is 531 g/mol. The zero-order chi connectivity index (χ0) is 27.8. The van der Waals surface area contributed by atoms with Gasteiger partial charge in [0.05, 0.1) is 23.3 Å². The number of primary amides is 1. The van der Waals surface area contributed by atoms with Gasteiger partial charge in [0, 0.05) is 30.3 Å². The third-order valence-electron chi connectivity index (χ3n) is 6.68. The predicted molar refractivity (Wildman–Crippen MR) is 139 cm³/mol. The van der Waals surface area contributed by atoms with Crippen molar-refractivity contribution in [2.24, 2.45) is 5.73 Å². The quantitative estimate of drug-likeness (QED) is 0.295. The summed E-state index contributed by atoms with van der Waals surface area (Å²) in [6.45, 7) is 1.88. The summed E-state index contributed by atoms with van der Waals surface area (Å²) in [5, 5.41) is 14.9. The number of alkyl halides is 3. The van der Waals surface area contributed by atoms with Crippen LogP contribution in [-0.2, 0) is 23.0 Å². The van der Waals surface area contributed by atoms with E-state index in [9.17, 15) is 23.1 Å². The van der Waals surface area contributed by atoms with Crippen LogP contribution in [0.1, 0.15) is 53.7 Å². The highest BCUT2D eigenvalue weighted by Crippen LogP contribution is 2.44. The number of rotatable bonds is 7. The number of halogens is 3. The van der Waals surface area contributed by atoms with Crippen LogP contribution in [-0.4, -0.2) is 35.5 Å². The van der Waals surface area contributed by atoms with Gasteiger partial charge in [-0.1, -0.05) is 6.07 Å². The Morgan fingerprint density at radius 1 is 1.23 bits per heavy atom. The summed E-state index contributed by atoms with van der Waals surface area (Å²) in [5.74, 6) is -0.588. The third-order valence-corrected chi connectivity index (χ3v) is 7.92. The van der Waals surface area contributed by atoms with Gasteiger partial charge in [-0.25, -0.2) is 19.9 Å². The molecule has 1 saturated carbocycles. The second kappa shape index (κ2) is 10.4. The smallest absolute Gasteiger partial charge is 0.383 e. The lowest BCUT2D eigenvalue weighted by Crippen LogP contribution is -2.32. The predicted octanol–water partition coefficient (Wildman–Crippen LogP) is 4.90. The number of anilines is 2. The highest BCUT2D eigenvalue weighted by molar-refractivity contribution is 7.15. The Labute approximate surface area is 226 Å². The van der Waals surface area contributed by atoms with Gasteiger partial charge in [0.25, 0.3) is 0 Å². The number of nitrogens with two attached hydrogens (primary N) is 1. The second-order valence-electron chi connectivity index (χ2n) is 9.72. The highest BCUT2D eigenvalue weighted by Gasteiger charge is 2.38. The van der Waals surface area contributed by atoms with E-state index < -0.39 is 23.4 Å². The Bertz CT molecular complexity index is 1490. The average molecular weight is 558 g/mol. The zero-order valence-electron chi connectivity index (χ0n) is 20.9. The molecule has 3 heterocycles. The zero-order valence-corrected chi connectivity index (χ0v) is 21.8. The Morgan fingerprint density at radius 3 is 2.72 bits per heavy atom. The number of imidazole rings is 1. The number of hydrogen-bond donors (Lipinski definition) is 3. The van der Waals surface area contributed by atoms with Gasteiger partial charge in [-0.2, -0.15) is 13.2 Å². The highest BCUT2D eigenvalue weighted by atomic mass is 32.1. The van der Waals surface area contributed by atoms with E-state index in [1.54, 1.807) is 24.7 Å². The average Bonchev–Trinajstić information content (AvgIpc) is 3.54. The maximum atomic E-state index is 13.0. The fraction of sp³-hybridized carbons (Fsp3) is 0.346. The molecule has 0 saturated heterocycles. The number of nitrogens with zero attached hydrogens (tertiary/aromatic N) is 5. The number of benzene rings is 1. The van der Waals surface area contributed by atoms with Gasteiger partial charge < -0.3 is 20.7 Å². The lowest BCUT2D eigenvalue weighted by atomic mass is 9.82. The first-order chi connectivity index (χ1) is 18.5. The van der Waals surface area contributed by atoms with Gasteiger partial charge in [0.1, 0.15) is 16.3 Å². The number of aliphatic hydroxyl groups is 1. The summed E-state index contributed by atoms with van der Waals surface area (Å²) in [6, 6.07) is 6.49. The largest absolute Gasteiger partial charge is 0.433 e. The SMILES string of the molecule is Cc1cc(Nc2nccc(C(F)(F)F)n2)cc(-c2cnc(C3(O)CCC(n4cnc(CC(N)=O)c4)CC3)s2)c1. The summed E-state index contributed by atoms with van der Waals surface area (Å²) in [4.78, 5) is 28.2. The van der Waals surface area contributed by atoms with Crippen LogP contribution in [0.4, 0.5) is 24.8 Å². The summed E-state index contributed by atoms with van der Waals surface area (Å²) in [5.41, 5.74) is 6.02. The van der Waals surface area contributed by atoms with Crippen molar-refractivity contribution in [1.29, 1.82) is 0 Å². The molecule has 1 aliphatic carbocycles. The molecular formula is C26H26F3N7O2S. The topological polar surface area (TPSA) is 132 Å². The number of aromatic nitrogens is 5. The van der Waals surface area contributed by atoms with Gasteiger partial charge in [0.2, 0.25) is 11.9 Å². The maximum absolute atomic E-state index is 13.0. The Balaban J connectivity index is 1.29. The van der Waals surface area contributed by atoms with Gasteiger partial charge in [0.15, 0.2) is 0 Å². The van der Waals surface area contributed by atoms with E-state index in [4.69, 9.17) is 5.73 Å². The molecule has 5 rings (SSSR count). The van der Waals surface area contributed by atoms with E-state index in [-0.39, 0.29) is 18.4 Å². The fourth-order valence-corrected chi connectivity index (χ4v) is 5.82. The molecule has 0 bridgehead atoms. The molecule has 1 amide bonds. The Morgan fingerprint density at radius 2 is 2.00 bits per heavy atom. The van der Waals surface area contributed by atoms with Crippen LogP contribution in [0.2, 0.25) is 0 Å².